The first-order valence-electron chi connectivity index (χ1n) is 7.99. The van der Waals surface area contributed by atoms with Gasteiger partial charge in [0.05, 0.1) is 6.61 Å². The Morgan fingerprint density at radius 2 is 2.00 bits per heavy atom. The third kappa shape index (κ3) is 5.94. The maximum Gasteiger partial charge on any atom is 0.331 e. The normalized spacial score (nSPS) is 20.1. The van der Waals surface area contributed by atoms with E-state index in [1.165, 1.54) is 12.0 Å². The van der Waals surface area contributed by atoms with E-state index in [2.05, 4.69) is 33.8 Å². The molecule has 0 bridgehead atoms. The van der Waals surface area contributed by atoms with Crippen molar-refractivity contribution in [3.63, 3.8) is 0 Å². The zero-order valence-electron chi connectivity index (χ0n) is 13.7. The SMILES string of the molecule is CCOC(=O)/C=C1/C=C(CC(C)CC(C)C(C)C)CC1. The fourth-order valence-corrected chi connectivity index (χ4v) is 2.76. The van der Waals surface area contributed by atoms with Crippen LogP contribution in [-0.2, 0) is 9.53 Å². The highest BCUT2D eigenvalue weighted by Crippen LogP contribution is 2.31. The van der Waals surface area contributed by atoms with Crippen LogP contribution in [0.5, 0.6) is 0 Å². The Hall–Kier alpha value is -1.05. The van der Waals surface area contributed by atoms with Crippen LogP contribution < -0.4 is 0 Å². The highest BCUT2D eigenvalue weighted by Gasteiger charge is 2.16. The fraction of sp³-hybridized carbons (Fsp3) is 0.722. The van der Waals surface area contributed by atoms with Crippen molar-refractivity contribution in [1.82, 2.24) is 0 Å². The van der Waals surface area contributed by atoms with Gasteiger partial charge in [-0.05, 0) is 55.9 Å². The molecule has 20 heavy (non-hydrogen) atoms. The van der Waals surface area contributed by atoms with Crippen LogP contribution in [0.4, 0.5) is 0 Å². The molecule has 0 aromatic carbocycles. The highest BCUT2D eigenvalue weighted by molar-refractivity contribution is 5.83. The summed E-state index contributed by atoms with van der Waals surface area (Å²) in [5.74, 6) is 2.05. The van der Waals surface area contributed by atoms with Crippen molar-refractivity contribution in [2.75, 3.05) is 6.61 Å². The van der Waals surface area contributed by atoms with E-state index in [1.54, 1.807) is 6.08 Å². The lowest BCUT2D eigenvalue weighted by Crippen LogP contribution is -2.09. The van der Waals surface area contributed by atoms with Crippen LogP contribution in [0.1, 0.15) is 60.3 Å². The fourth-order valence-electron chi connectivity index (χ4n) is 2.76. The molecule has 2 nitrogen and oxygen atoms in total. The Bertz CT molecular complexity index is 377. The van der Waals surface area contributed by atoms with E-state index in [-0.39, 0.29) is 5.97 Å². The Balaban J connectivity index is 2.47. The summed E-state index contributed by atoms with van der Waals surface area (Å²) in [4.78, 5) is 11.4. The molecule has 2 atom stereocenters. The van der Waals surface area contributed by atoms with Gasteiger partial charge in [-0.1, -0.05) is 39.3 Å². The second kappa shape index (κ2) is 8.28. The lowest BCUT2D eigenvalue weighted by atomic mass is 9.86. The van der Waals surface area contributed by atoms with Gasteiger partial charge in [-0.2, -0.15) is 0 Å². The van der Waals surface area contributed by atoms with Gasteiger partial charge in [0.15, 0.2) is 0 Å². The molecule has 0 radical (unpaired) electrons. The molecule has 2 unspecified atom stereocenters. The van der Waals surface area contributed by atoms with E-state index >= 15 is 0 Å². The number of carbonyl (C=O) groups excluding carboxylic acids is 1. The number of allylic oxidation sites excluding steroid dienone is 3. The van der Waals surface area contributed by atoms with Gasteiger partial charge in [-0.15, -0.1) is 0 Å². The zero-order chi connectivity index (χ0) is 15.1. The van der Waals surface area contributed by atoms with Crippen molar-refractivity contribution in [2.24, 2.45) is 17.8 Å². The van der Waals surface area contributed by atoms with E-state index in [1.807, 2.05) is 6.92 Å². The summed E-state index contributed by atoms with van der Waals surface area (Å²) in [6.07, 6.45) is 8.39. The van der Waals surface area contributed by atoms with Gasteiger partial charge in [0.2, 0.25) is 0 Å². The first-order valence-corrected chi connectivity index (χ1v) is 7.99. The maximum absolute atomic E-state index is 11.4. The van der Waals surface area contributed by atoms with Crippen LogP contribution in [0.2, 0.25) is 0 Å². The monoisotopic (exact) mass is 278 g/mol. The zero-order valence-corrected chi connectivity index (χ0v) is 13.7. The second-order valence-electron chi connectivity index (χ2n) is 6.54. The third-order valence-corrected chi connectivity index (χ3v) is 4.24. The molecule has 0 saturated carbocycles. The van der Waals surface area contributed by atoms with E-state index < -0.39 is 0 Å². The summed E-state index contributed by atoms with van der Waals surface area (Å²) in [5, 5.41) is 0. The molecule has 1 aliphatic carbocycles. The molecular formula is C18H30O2. The number of hydrogen-bond acceptors (Lipinski definition) is 2. The number of rotatable bonds is 7. The summed E-state index contributed by atoms with van der Waals surface area (Å²) in [6, 6.07) is 0. The van der Waals surface area contributed by atoms with Gasteiger partial charge in [0, 0.05) is 6.08 Å². The summed E-state index contributed by atoms with van der Waals surface area (Å²) >= 11 is 0. The minimum Gasteiger partial charge on any atom is -0.463 e. The molecule has 0 amide bonds. The highest BCUT2D eigenvalue weighted by atomic mass is 16.5. The summed E-state index contributed by atoms with van der Waals surface area (Å²) < 4.78 is 4.95. The summed E-state index contributed by atoms with van der Waals surface area (Å²) in [7, 11) is 0. The topological polar surface area (TPSA) is 26.3 Å². The predicted molar refractivity (Wildman–Crippen MR) is 84.4 cm³/mol. The maximum atomic E-state index is 11.4. The van der Waals surface area contributed by atoms with Crippen molar-refractivity contribution in [1.29, 1.82) is 0 Å². The number of hydrogen-bond donors (Lipinski definition) is 0. The number of esters is 1. The van der Waals surface area contributed by atoms with E-state index in [9.17, 15) is 4.79 Å². The van der Waals surface area contributed by atoms with Crippen molar-refractivity contribution >= 4 is 5.97 Å². The Kier molecular flexibility index (Phi) is 7.04. The second-order valence-corrected chi connectivity index (χ2v) is 6.54. The molecule has 0 N–H and O–H groups in total. The molecule has 0 heterocycles. The van der Waals surface area contributed by atoms with Crippen LogP contribution in [0.15, 0.2) is 23.3 Å². The first kappa shape index (κ1) is 17.0. The molecule has 0 aromatic heterocycles. The van der Waals surface area contributed by atoms with E-state index in [0.29, 0.717) is 6.61 Å². The minimum atomic E-state index is -0.207. The van der Waals surface area contributed by atoms with Crippen molar-refractivity contribution < 1.29 is 9.53 Å². The quantitative estimate of drug-likeness (QED) is 0.489. The van der Waals surface area contributed by atoms with E-state index in [0.717, 1.165) is 42.6 Å². The third-order valence-electron chi connectivity index (χ3n) is 4.24. The van der Waals surface area contributed by atoms with Crippen LogP contribution in [-0.4, -0.2) is 12.6 Å². The van der Waals surface area contributed by atoms with Gasteiger partial charge >= 0.3 is 5.97 Å². The Morgan fingerprint density at radius 1 is 1.30 bits per heavy atom. The lowest BCUT2D eigenvalue weighted by molar-refractivity contribution is -0.137. The first-order chi connectivity index (χ1) is 9.42. The number of ether oxygens (including phenoxy) is 1. The molecule has 2 heteroatoms. The van der Waals surface area contributed by atoms with Gasteiger partial charge < -0.3 is 4.74 Å². The summed E-state index contributed by atoms with van der Waals surface area (Å²) in [5.41, 5.74) is 2.62. The largest absolute Gasteiger partial charge is 0.463 e. The Labute approximate surface area is 124 Å². The standard InChI is InChI=1S/C18H30O2/c1-6-20-18(19)12-17-8-7-16(11-17)10-14(4)9-15(5)13(2)3/h11-15H,6-10H2,1-5H3/b17-12+. The molecule has 0 aromatic rings. The van der Waals surface area contributed by atoms with Crippen LogP contribution >= 0.6 is 0 Å². The van der Waals surface area contributed by atoms with Gasteiger partial charge in [-0.3, -0.25) is 0 Å². The van der Waals surface area contributed by atoms with E-state index in [4.69, 9.17) is 4.74 Å². The molecule has 0 saturated heterocycles. The average molecular weight is 278 g/mol. The average Bonchev–Trinajstić information content (AvgIpc) is 2.76. The van der Waals surface area contributed by atoms with Gasteiger partial charge in [0.1, 0.15) is 0 Å². The van der Waals surface area contributed by atoms with Gasteiger partial charge in [0.25, 0.3) is 0 Å². The molecule has 1 aliphatic rings. The van der Waals surface area contributed by atoms with Crippen LogP contribution in [0.3, 0.4) is 0 Å². The molecular weight excluding hydrogens is 248 g/mol. The molecule has 0 spiro atoms. The minimum absolute atomic E-state index is 0.207. The molecule has 1 rings (SSSR count). The van der Waals surface area contributed by atoms with Crippen LogP contribution in [0.25, 0.3) is 0 Å². The van der Waals surface area contributed by atoms with Crippen molar-refractivity contribution in [3.8, 4) is 0 Å². The van der Waals surface area contributed by atoms with Gasteiger partial charge in [-0.25, -0.2) is 4.79 Å². The molecule has 0 fully saturated rings. The molecule has 0 aliphatic heterocycles. The lowest BCUT2D eigenvalue weighted by Gasteiger charge is -2.20. The van der Waals surface area contributed by atoms with Crippen LogP contribution in [0, 0.1) is 17.8 Å². The molecule has 114 valence electrons. The predicted octanol–water partition coefficient (Wildman–Crippen LogP) is 4.90. The Morgan fingerprint density at radius 3 is 2.60 bits per heavy atom. The number of carbonyl (C=O) groups is 1. The summed E-state index contributed by atoms with van der Waals surface area (Å²) in [6.45, 7) is 11.6. The van der Waals surface area contributed by atoms with Crippen molar-refractivity contribution in [2.45, 2.75) is 60.3 Å². The smallest absolute Gasteiger partial charge is 0.331 e. The van der Waals surface area contributed by atoms with Crippen molar-refractivity contribution in [3.05, 3.63) is 23.3 Å².